The molecule has 1 aliphatic rings. The largest absolute Gasteiger partial charge is 0.461 e. The average molecular weight is 269 g/mol. The Morgan fingerprint density at radius 2 is 2.05 bits per heavy atom. The summed E-state index contributed by atoms with van der Waals surface area (Å²) >= 11 is 0. The lowest BCUT2D eigenvalue weighted by atomic mass is 9.83. The summed E-state index contributed by atoms with van der Waals surface area (Å²) in [5.74, 6) is -4.35. The highest BCUT2D eigenvalue weighted by atomic mass is 19.3. The zero-order valence-electron chi connectivity index (χ0n) is 10.5. The van der Waals surface area contributed by atoms with E-state index in [0.717, 1.165) is 5.56 Å². The molecule has 3 nitrogen and oxygen atoms in total. The van der Waals surface area contributed by atoms with Crippen LogP contribution in [-0.4, -0.2) is 17.9 Å². The molecule has 2 unspecified atom stereocenters. The summed E-state index contributed by atoms with van der Waals surface area (Å²) in [6.45, 7) is 0.0917. The fraction of sp³-hybridized carbons (Fsp3) is 0.500. The molecule has 1 aromatic rings. The van der Waals surface area contributed by atoms with E-state index >= 15 is 0 Å². The Bertz CT molecular complexity index is 436. The van der Waals surface area contributed by atoms with E-state index in [0.29, 0.717) is 0 Å². The molecule has 19 heavy (non-hydrogen) atoms. The van der Waals surface area contributed by atoms with E-state index in [-0.39, 0.29) is 19.4 Å². The zero-order valence-corrected chi connectivity index (χ0v) is 10.5. The van der Waals surface area contributed by atoms with Gasteiger partial charge in [0.15, 0.2) is 0 Å². The van der Waals surface area contributed by atoms with Gasteiger partial charge in [-0.2, -0.15) is 0 Å². The van der Waals surface area contributed by atoms with Crippen molar-refractivity contribution in [3.63, 3.8) is 0 Å². The Morgan fingerprint density at radius 1 is 1.37 bits per heavy atom. The number of hydrogen-bond donors (Lipinski definition) is 1. The van der Waals surface area contributed by atoms with Crippen molar-refractivity contribution < 1.29 is 18.3 Å². The molecule has 104 valence electrons. The molecule has 1 fully saturated rings. The number of carbonyl (C=O) groups is 1. The minimum Gasteiger partial charge on any atom is -0.461 e. The molecule has 0 bridgehead atoms. The van der Waals surface area contributed by atoms with E-state index < -0.39 is 30.3 Å². The number of hydrogen-bond acceptors (Lipinski definition) is 3. The maximum atomic E-state index is 13.3. The molecule has 1 aromatic carbocycles. The van der Waals surface area contributed by atoms with Crippen LogP contribution < -0.4 is 5.73 Å². The van der Waals surface area contributed by atoms with Crippen molar-refractivity contribution in [3.8, 4) is 0 Å². The third-order valence-electron chi connectivity index (χ3n) is 3.41. The fourth-order valence-electron chi connectivity index (χ4n) is 2.25. The molecule has 0 heterocycles. The van der Waals surface area contributed by atoms with Gasteiger partial charge < -0.3 is 10.5 Å². The third-order valence-corrected chi connectivity index (χ3v) is 3.41. The number of esters is 1. The van der Waals surface area contributed by atoms with E-state index in [9.17, 15) is 13.6 Å². The molecule has 0 amide bonds. The topological polar surface area (TPSA) is 52.3 Å². The summed E-state index contributed by atoms with van der Waals surface area (Å²) in [5, 5.41) is 0. The number of nitrogens with two attached hydrogens (primary N) is 1. The number of benzene rings is 1. The quantitative estimate of drug-likeness (QED) is 0.858. The van der Waals surface area contributed by atoms with Gasteiger partial charge in [-0.3, -0.25) is 4.79 Å². The van der Waals surface area contributed by atoms with Gasteiger partial charge in [-0.15, -0.1) is 0 Å². The van der Waals surface area contributed by atoms with Gasteiger partial charge in [-0.25, -0.2) is 8.78 Å². The lowest BCUT2D eigenvalue weighted by molar-refractivity contribution is -0.158. The molecule has 2 atom stereocenters. The van der Waals surface area contributed by atoms with Crippen molar-refractivity contribution in [2.24, 2.45) is 11.7 Å². The highest BCUT2D eigenvalue weighted by molar-refractivity contribution is 5.73. The fourth-order valence-corrected chi connectivity index (χ4v) is 2.25. The summed E-state index contributed by atoms with van der Waals surface area (Å²) in [7, 11) is 0. The van der Waals surface area contributed by atoms with E-state index in [2.05, 4.69) is 0 Å². The minimum absolute atomic E-state index is 0.0917. The average Bonchev–Trinajstić information content (AvgIpc) is 2.40. The molecule has 0 aromatic heterocycles. The number of rotatable bonds is 3. The van der Waals surface area contributed by atoms with Crippen LogP contribution in [0.2, 0.25) is 0 Å². The van der Waals surface area contributed by atoms with Crippen LogP contribution in [0.25, 0.3) is 0 Å². The van der Waals surface area contributed by atoms with Crippen LogP contribution in [0.4, 0.5) is 8.78 Å². The van der Waals surface area contributed by atoms with Gasteiger partial charge in [0.25, 0.3) is 0 Å². The Kier molecular flexibility index (Phi) is 4.14. The van der Waals surface area contributed by atoms with Crippen molar-refractivity contribution in [3.05, 3.63) is 35.9 Å². The lowest BCUT2D eigenvalue weighted by Crippen LogP contribution is -2.45. The predicted octanol–water partition coefficient (Wildman–Crippen LogP) is 2.49. The van der Waals surface area contributed by atoms with Crippen LogP contribution in [0.5, 0.6) is 0 Å². The second-order valence-corrected chi connectivity index (χ2v) is 4.96. The van der Waals surface area contributed by atoms with Crippen molar-refractivity contribution in [2.45, 2.75) is 37.8 Å². The molecule has 0 saturated heterocycles. The SMILES string of the molecule is NC1CCC(F)(F)CC1C(=O)OCc1ccccc1. The van der Waals surface area contributed by atoms with Crippen LogP contribution in [-0.2, 0) is 16.1 Å². The highest BCUT2D eigenvalue weighted by Gasteiger charge is 2.43. The van der Waals surface area contributed by atoms with E-state index in [1.54, 1.807) is 0 Å². The van der Waals surface area contributed by atoms with Crippen LogP contribution in [0.1, 0.15) is 24.8 Å². The normalized spacial score (nSPS) is 25.8. The van der Waals surface area contributed by atoms with Gasteiger partial charge in [0.1, 0.15) is 6.61 Å². The van der Waals surface area contributed by atoms with Gasteiger partial charge in [0.05, 0.1) is 5.92 Å². The number of carbonyl (C=O) groups excluding carboxylic acids is 1. The minimum atomic E-state index is -2.81. The number of alkyl halides is 2. The molecule has 0 spiro atoms. The molecule has 0 aliphatic heterocycles. The first-order valence-corrected chi connectivity index (χ1v) is 6.32. The number of ether oxygens (including phenoxy) is 1. The molecule has 5 heteroatoms. The smallest absolute Gasteiger partial charge is 0.311 e. The summed E-state index contributed by atoms with van der Waals surface area (Å²) in [6.07, 6.45) is -0.615. The van der Waals surface area contributed by atoms with E-state index in [1.807, 2.05) is 30.3 Å². The van der Waals surface area contributed by atoms with Crippen molar-refractivity contribution >= 4 is 5.97 Å². The Morgan fingerprint density at radius 3 is 2.74 bits per heavy atom. The Balaban J connectivity index is 1.92. The van der Waals surface area contributed by atoms with Gasteiger partial charge in [0.2, 0.25) is 5.92 Å². The van der Waals surface area contributed by atoms with Crippen LogP contribution >= 0.6 is 0 Å². The third kappa shape index (κ3) is 3.73. The van der Waals surface area contributed by atoms with Gasteiger partial charge >= 0.3 is 5.97 Å². The van der Waals surface area contributed by atoms with E-state index in [4.69, 9.17) is 10.5 Å². The summed E-state index contributed by atoms with van der Waals surface area (Å²) in [4.78, 5) is 11.8. The first-order valence-electron chi connectivity index (χ1n) is 6.32. The monoisotopic (exact) mass is 269 g/mol. The second-order valence-electron chi connectivity index (χ2n) is 4.96. The highest BCUT2D eigenvalue weighted by Crippen LogP contribution is 2.36. The molecule has 1 aliphatic carbocycles. The maximum absolute atomic E-state index is 13.3. The van der Waals surface area contributed by atoms with Crippen LogP contribution in [0.3, 0.4) is 0 Å². The van der Waals surface area contributed by atoms with Crippen LogP contribution in [0, 0.1) is 5.92 Å². The van der Waals surface area contributed by atoms with Gasteiger partial charge in [0, 0.05) is 18.9 Å². The van der Waals surface area contributed by atoms with Crippen molar-refractivity contribution in [1.82, 2.24) is 0 Å². The lowest BCUT2D eigenvalue weighted by Gasteiger charge is -2.32. The first kappa shape index (κ1) is 13.9. The Hall–Kier alpha value is -1.49. The van der Waals surface area contributed by atoms with Crippen molar-refractivity contribution in [2.75, 3.05) is 0 Å². The number of halogens is 2. The summed E-state index contributed by atoms with van der Waals surface area (Å²) < 4.78 is 31.7. The summed E-state index contributed by atoms with van der Waals surface area (Å²) in [6, 6.07) is 8.57. The molecular weight excluding hydrogens is 252 g/mol. The molecule has 1 saturated carbocycles. The van der Waals surface area contributed by atoms with Gasteiger partial charge in [-0.05, 0) is 12.0 Å². The predicted molar refractivity (Wildman–Crippen MR) is 66.5 cm³/mol. The van der Waals surface area contributed by atoms with Crippen molar-refractivity contribution in [1.29, 1.82) is 0 Å². The second kappa shape index (κ2) is 5.65. The standard InChI is InChI=1S/C14H17F2NO2/c15-14(16)7-6-12(17)11(8-14)13(18)19-9-10-4-2-1-3-5-10/h1-5,11-12H,6-9,17H2. The van der Waals surface area contributed by atoms with Crippen LogP contribution in [0.15, 0.2) is 30.3 Å². The molecule has 2 N–H and O–H groups in total. The Labute approximate surface area is 110 Å². The molecular formula is C14H17F2NO2. The molecule has 0 radical (unpaired) electrons. The van der Waals surface area contributed by atoms with Gasteiger partial charge in [-0.1, -0.05) is 30.3 Å². The molecule has 2 rings (SSSR count). The maximum Gasteiger partial charge on any atom is 0.311 e. The first-order chi connectivity index (χ1) is 8.98. The zero-order chi connectivity index (χ0) is 13.9. The summed E-state index contributed by atoms with van der Waals surface area (Å²) in [5.41, 5.74) is 6.56. The van der Waals surface area contributed by atoms with E-state index in [1.165, 1.54) is 0 Å².